The van der Waals surface area contributed by atoms with Crippen molar-refractivity contribution in [1.29, 1.82) is 0 Å². The molecular weight excluding hydrogens is 725 g/mol. The van der Waals surface area contributed by atoms with E-state index in [1.165, 1.54) is 54.9 Å². The van der Waals surface area contributed by atoms with E-state index in [4.69, 9.17) is 0 Å². The first-order chi connectivity index (χ1) is 29.8. The van der Waals surface area contributed by atoms with Crippen LogP contribution in [0, 0.1) is 0 Å². The average Bonchev–Trinajstić information content (AvgIpc) is 3.67. The molecule has 1 heterocycles. The minimum atomic E-state index is 1.11. The van der Waals surface area contributed by atoms with Gasteiger partial charge in [0.25, 0.3) is 0 Å². The minimum absolute atomic E-state index is 1.11. The van der Waals surface area contributed by atoms with Crippen molar-refractivity contribution in [1.82, 2.24) is 4.57 Å². The van der Waals surface area contributed by atoms with E-state index in [-0.39, 0.29) is 0 Å². The summed E-state index contributed by atoms with van der Waals surface area (Å²) in [6.07, 6.45) is 0. The van der Waals surface area contributed by atoms with Gasteiger partial charge in [-0.25, -0.2) is 0 Å². The maximum absolute atomic E-state index is 2.50. The van der Waals surface area contributed by atoms with Crippen LogP contribution >= 0.6 is 0 Å². The Morgan fingerprint density at radius 3 is 1.52 bits per heavy atom. The maximum Gasteiger partial charge on any atom is 0.0562 e. The summed E-state index contributed by atoms with van der Waals surface area (Å²) in [7, 11) is 0. The van der Waals surface area contributed by atoms with Crippen LogP contribution in [0.2, 0.25) is 0 Å². The summed E-state index contributed by atoms with van der Waals surface area (Å²) in [5.41, 5.74) is 16.2. The van der Waals surface area contributed by atoms with Crippen LogP contribution in [0.25, 0.3) is 82.8 Å². The van der Waals surface area contributed by atoms with Gasteiger partial charge in [0, 0.05) is 27.5 Å². The van der Waals surface area contributed by atoms with Gasteiger partial charge >= 0.3 is 0 Å². The monoisotopic (exact) mass is 764 g/mol. The van der Waals surface area contributed by atoms with Crippen molar-refractivity contribution < 1.29 is 0 Å². The van der Waals surface area contributed by atoms with Crippen molar-refractivity contribution in [2.75, 3.05) is 4.90 Å². The van der Waals surface area contributed by atoms with Crippen LogP contribution in [0.1, 0.15) is 0 Å². The Balaban J connectivity index is 1.21. The van der Waals surface area contributed by atoms with Gasteiger partial charge in [-0.15, -0.1) is 0 Å². The molecule has 0 radical (unpaired) electrons. The summed E-state index contributed by atoms with van der Waals surface area (Å²) in [6.45, 7) is 0. The number of nitrogens with zero attached hydrogens (tertiary/aromatic N) is 2. The topological polar surface area (TPSA) is 8.17 Å². The standard InChI is InChI=1S/C58H40N2/c1-4-19-41(20-5-1)46-37-38-55(51(40-46)44-24-8-3-9-25-44)60-54-32-17-14-29-50(54)58-56(33-18-34-57(58)60)59(52-30-15-12-27-48(52)43-22-6-2-7-23-43)53-31-16-13-28-49(53)47-36-35-42-21-10-11-26-45(42)39-47/h1-40H. The number of rotatable bonds is 8. The Hall–Kier alpha value is -7.94. The van der Waals surface area contributed by atoms with Crippen molar-refractivity contribution in [3.8, 4) is 50.2 Å². The van der Waals surface area contributed by atoms with Gasteiger partial charge in [-0.05, 0) is 87.1 Å². The van der Waals surface area contributed by atoms with E-state index in [1.807, 2.05) is 0 Å². The van der Waals surface area contributed by atoms with Crippen molar-refractivity contribution in [2.24, 2.45) is 0 Å². The lowest BCUT2D eigenvalue weighted by atomic mass is 9.96. The number of hydrogen-bond acceptors (Lipinski definition) is 1. The summed E-state index contributed by atoms with van der Waals surface area (Å²) in [5, 5.41) is 4.84. The van der Waals surface area contributed by atoms with Crippen LogP contribution in [0.4, 0.5) is 17.1 Å². The molecule has 0 atom stereocenters. The maximum atomic E-state index is 2.50. The van der Waals surface area contributed by atoms with Crippen LogP contribution in [-0.4, -0.2) is 4.57 Å². The number of benzene rings is 10. The summed E-state index contributed by atoms with van der Waals surface area (Å²) >= 11 is 0. The van der Waals surface area contributed by atoms with E-state index in [2.05, 4.69) is 252 Å². The van der Waals surface area contributed by atoms with Gasteiger partial charge < -0.3 is 9.47 Å². The van der Waals surface area contributed by atoms with Gasteiger partial charge in [-0.3, -0.25) is 0 Å². The van der Waals surface area contributed by atoms with Gasteiger partial charge in [-0.2, -0.15) is 0 Å². The van der Waals surface area contributed by atoms with Crippen molar-refractivity contribution in [2.45, 2.75) is 0 Å². The second-order valence-corrected chi connectivity index (χ2v) is 15.3. The van der Waals surface area contributed by atoms with Crippen LogP contribution in [-0.2, 0) is 0 Å². The lowest BCUT2D eigenvalue weighted by Crippen LogP contribution is -2.13. The highest BCUT2D eigenvalue weighted by molar-refractivity contribution is 6.17. The zero-order chi connectivity index (χ0) is 39.8. The zero-order valence-corrected chi connectivity index (χ0v) is 33.0. The molecule has 1 aromatic heterocycles. The first kappa shape index (κ1) is 35.2. The third kappa shape index (κ3) is 6.14. The predicted octanol–water partition coefficient (Wildman–Crippen LogP) is 16.1. The molecule has 0 fully saturated rings. The van der Waals surface area contributed by atoms with Crippen molar-refractivity contribution >= 4 is 49.6 Å². The van der Waals surface area contributed by atoms with Crippen LogP contribution in [0.3, 0.4) is 0 Å². The molecule has 0 unspecified atom stereocenters. The number of hydrogen-bond donors (Lipinski definition) is 0. The summed E-state index contributed by atoms with van der Waals surface area (Å²) in [4.78, 5) is 2.50. The summed E-state index contributed by atoms with van der Waals surface area (Å²) in [6, 6.07) is 88.0. The lowest BCUT2D eigenvalue weighted by Gasteiger charge is -2.30. The first-order valence-corrected chi connectivity index (χ1v) is 20.6. The normalized spacial score (nSPS) is 11.3. The van der Waals surface area contributed by atoms with Crippen LogP contribution < -0.4 is 4.90 Å². The molecule has 0 amide bonds. The van der Waals surface area contributed by atoms with E-state index >= 15 is 0 Å². The molecule has 11 aromatic rings. The molecule has 0 bridgehead atoms. The Morgan fingerprint density at radius 1 is 0.283 bits per heavy atom. The third-order valence-corrected chi connectivity index (χ3v) is 11.8. The lowest BCUT2D eigenvalue weighted by molar-refractivity contribution is 1.18. The predicted molar refractivity (Wildman–Crippen MR) is 255 cm³/mol. The average molecular weight is 765 g/mol. The Bertz CT molecular complexity index is 3310. The highest BCUT2D eigenvalue weighted by atomic mass is 15.2. The highest BCUT2D eigenvalue weighted by Gasteiger charge is 2.25. The molecule has 282 valence electrons. The van der Waals surface area contributed by atoms with E-state index in [0.717, 1.165) is 44.9 Å². The molecule has 11 rings (SSSR count). The Kier molecular flexibility index (Phi) is 8.87. The fraction of sp³-hybridized carbons (Fsp3) is 0. The van der Waals surface area contributed by atoms with Crippen LogP contribution in [0.5, 0.6) is 0 Å². The molecule has 0 aliphatic heterocycles. The van der Waals surface area contributed by atoms with E-state index in [9.17, 15) is 0 Å². The number of fused-ring (bicyclic) bond motifs is 4. The zero-order valence-electron chi connectivity index (χ0n) is 33.0. The Labute approximate surface area is 350 Å². The molecule has 0 aliphatic carbocycles. The molecular formula is C58H40N2. The quantitative estimate of drug-likeness (QED) is 0.150. The molecule has 10 aromatic carbocycles. The van der Waals surface area contributed by atoms with Gasteiger partial charge in [0.2, 0.25) is 0 Å². The van der Waals surface area contributed by atoms with Crippen LogP contribution in [0.15, 0.2) is 243 Å². The van der Waals surface area contributed by atoms with Crippen molar-refractivity contribution in [3.63, 3.8) is 0 Å². The van der Waals surface area contributed by atoms with E-state index in [1.54, 1.807) is 0 Å². The molecule has 2 nitrogen and oxygen atoms in total. The molecule has 0 saturated carbocycles. The fourth-order valence-corrected chi connectivity index (χ4v) is 9.03. The Morgan fingerprint density at radius 2 is 0.800 bits per heavy atom. The fourth-order valence-electron chi connectivity index (χ4n) is 9.03. The second-order valence-electron chi connectivity index (χ2n) is 15.3. The summed E-state index contributed by atoms with van der Waals surface area (Å²) in [5.74, 6) is 0. The van der Waals surface area contributed by atoms with Gasteiger partial charge in [0.1, 0.15) is 0 Å². The van der Waals surface area contributed by atoms with Gasteiger partial charge in [0.05, 0.1) is 33.8 Å². The molecule has 0 aliphatic rings. The SMILES string of the molecule is c1ccc(-c2ccc(-n3c4ccccc4c4c(N(c5ccccc5-c5ccccc5)c5ccccc5-c5ccc6ccccc6c5)cccc43)c(-c3ccccc3)c2)cc1. The number of para-hydroxylation sites is 3. The largest absolute Gasteiger partial charge is 0.309 e. The number of aromatic nitrogens is 1. The molecule has 0 spiro atoms. The molecule has 0 N–H and O–H groups in total. The van der Waals surface area contributed by atoms with E-state index in [0.29, 0.717) is 0 Å². The minimum Gasteiger partial charge on any atom is -0.309 e. The highest BCUT2D eigenvalue weighted by Crippen LogP contribution is 2.49. The summed E-state index contributed by atoms with van der Waals surface area (Å²) < 4.78 is 2.47. The number of anilines is 3. The van der Waals surface area contributed by atoms with Gasteiger partial charge in [0.15, 0.2) is 0 Å². The van der Waals surface area contributed by atoms with E-state index < -0.39 is 0 Å². The van der Waals surface area contributed by atoms with Gasteiger partial charge in [-0.1, -0.05) is 194 Å². The second kappa shape index (κ2) is 15.1. The molecule has 2 heteroatoms. The smallest absolute Gasteiger partial charge is 0.0562 e. The third-order valence-electron chi connectivity index (χ3n) is 11.8. The van der Waals surface area contributed by atoms with Crippen molar-refractivity contribution in [3.05, 3.63) is 243 Å². The first-order valence-electron chi connectivity index (χ1n) is 20.6. The molecule has 60 heavy (non-hydrogen) atoms. The molecule has 0 saturated heterocycles.